The van der Waals surface area contributed by atoms with Crippen molar-refractivity contribution in [1.82, 2.24) is 4.57 Å². The topological polar surface area (TPSA) is 48.3 Å². The normalized spacial score (nSPS) is 17.8. The zero-order valence-corrected chi connectivity index (χ0v) is 15.8. The highest BCUT2D eigenvalue weighted by molar-refractivity contribution is 6.30. The van der Waals surface area contributed by atoms with Gasteiger partial charge in [0.1, 0.15) is 0 Å². The highest BCUT2D eigenvalue weighted by Crippen LogP contribution is 2.49. The van der Waals surface area contributed by atoms with E-state index in [1.165, 1.54) is 12.8 Å². The lowest BCUT2D eigenvalue weighted by Crippen LogP contribution is -2.26. The highest BCUT2D eigenvalue weighted by Gasteiger charge is 2.52. The summed E-state index contributed by atoms with van der Waals surface area (Å²) in [7, 11) is 0. The second-order valence-corrected chi connectivity index (χ2v) is 7.91. The number of ether oxygens (including phenoxy) is 1. The zero-order valence-electron chi connectivity index (χ0n) is 15.0. The van der Waals surface area contributed by atoms with E-state index in [0.717, 1.165) is 29.8 Å². The average Bonchev–Trinajstić information content (AvgIpc) is 3.52. The van der Waals surface area contributed by atoms with E-state index in [9.17, 15) is 9.59 Å². The summed E-state index contributed by atoms with van der Waals surface area (Å²) in [5.74, 6) is -0.450. The lowest BCUT2D eigenvalue weighted by atomic mass is 9.96. The predicted octanol–water partition coefficient (Wildman–Crippen LogP) is 4.55. The molecule has 2 aromatic rings. The number of esters is 1. The van der Waals surface area contributed by atoms with Crippen molar-refractivity contribution in [2.24, 2.45) is 0 Å². The third-order valence-electron chi connectivity index (χ3n) is 5.57. The number of hydrogen-bond donors (Lipinski definition) is 0. The first-order chi connectivity index (χ1) is 12.4. The zero-order chi connectivity index (χ0) is 18.5. The average molecular weight is 372 g/mol. The molecule has 4 rings (SSSR count). The molecule has 2 aliphatic rings. The van der Waals surface area contributed by atoms with Gasteiger partial charge in [-0.15, -0.1) is 0 Å². The monoisotopic (exact) mass is 371 g/mol. The van der Waals surface area contributed by atoms with Crippen molar-refractivity contribution in [2.75, 3.05) is 6.61 Å². The van der Waals surface area contributed by atoms with E-state index in [1.54, 1.807) is 12.1 Å². The Morgan fingerprint density at radius 2 is 1.85 bits per heavy atom. The molecule has 136 valence electrons. The Hall–Kier alpha value is -2.07. The molecule has 2 aliphatic carbocycles. The summed E-state index contributed by atoms with van der Waals surface area (Å²) >= 11 is 5.93. The van der Waals surface area contributed by atoms with Crippen LogP contribution in [0, 0.1) is 13.8 Å². The number of aromatic nitrogens is 1. The number of ketones is 1. The molecule has 0 unspecified atom stereocenters. The van der Waals surface area contributed by atoms with Crippen LogP contribution in [0.25, 0.3) is 0 Å². The van der Waals surface area contributed by atoms with E-state index >= 15 is 0 Å². The molecule has 2 fully saturated rings. The summed E-state index contributed by atoms with van der Waals surface area (Å²) < 4.78 is 7.65. The lowest BCUT2D eigenvalue weighted by Gasteiger charge is -2.15. The Morgan fingerprint density at radius 1 is 1.19 bits per heavy atom. The van der Waals surface area contributed by atoms with Gasteiger partial charge in [0.2, 0.25) is 5.78 Å². The van der Waals surface area contributed by atoms with Gasteiger partial charge in [0.25, 0.3) is 0 Å². The summed E-state index contributed by atoms with van der Waals surface area (Å²) in [4.78, 5) is 25.2. The van der Waals surface area contributed by atoms with E-state index in [2.05, 4.69) is 4.57 Å². The van der Waals surface area contributed by atoms with Crippen LogP contribution < -0.4 is 0 Å². The first-order valence-corrected chi connectivity index (χ1v) is 9.45. The van der Waals surface area contributed by atoms with Gasteiger partial charge in [-0.25, -0.2) is 0 Å². The van der Waals surface area contributed by atoms with Crippen molar-refractivity contribution >= 4 is 23.4 Å². The first-order valence-electron chi connectivity index (χ1n) is 9.07. The fraction of sp³-hybridized carbons (Fsp3) is 0.429. The van der Waals surface area contributed by atoms with Crippen molar-refractivity contribution in [3.63, 3.8) is 0 Å². The third-order valence-corrected chi connectivity index (χ3v) is 5.82. The summed E-state index contributed by atoms with van der Waals surface area (Å²) in [6.45, 7) is 3.79. The number of benzene rings is 1. The number of carbonyl (C=O) groups excluding carboxylic acids is 2. The Kier molecular flexibility index (Phi) is 4.19. The Morgan fingerprint density at radius 3 is 2.42 bits per heavy atom. The minimum atomic E-state index is -0.601. The number of halogens is 1. The molecule has 0 amide bonds. The summed E-state index contributed by atoms with van der Waals surface area (Å²) in [5, 5.41) is 0.638. The number of rotatable bonds is 6. The van der Waals surface area contributed by atoms with Crippen molar-refractivity contribution in [3.8, 4) is 0 Å². The number of aryl methyl sites for hydroxylation is 1. The molecule has 0 aliphatic heterocycles. The molecule has 1 aromatic carbocycles. The van der Waals surface area contributed by atoms with Gasteiger partial charge in [-0.1, -0.05) is 23.7 Å². The van der Waals surface area contributed by atoms with Gasteiger partial charge in [0.15, 0.2) is 6.61 Å². The molecule has 4 nitrogen and oxygen atoms in total. The summed E-state index contributed by atoms with van der Waals surface area (Å²) in [5.41, 5.74) is 3.05. The standard InChI is InChI=1S/C21H22ClNO3/c1-13-11-18(14(2)23(13)17-7-8-17)19(24)12-26-20(25)21(9-10-21)15-3-5-16(22)6-4-15/h3-6,11,17H,7-10,12H2,1-2H3. The smallest absolute Gasteiger partial charge is 0.317 e. The molecular formula is C21H22ClNO3. The second kappa shape index (κ2) is 6.27. The Balaban J connectivity index is 1.44. The number of carbonyl (C=O) groups is 2. The minimum absolute atomic E-state index is 0.134. The van der Waals surface area contributed by atoms with Gasteiger partial charge in [-0.05, 0) is 63.3 Å². The van der Waals surface area contributed by atoms with Gasteiger partial charge in [0.05, 0.1) is 5.41 Å². The van der Waals surface area contributed by atoms with Crippen molar-refractivity contribution in [1.29, 1.82) is 0 Å². The van der Waals surface area contributed by atoms with Crippen LogP contribution in [0.2, 0.25) is 5.02 Å². The van der Waals surface area contributed by atoms with Crippen LogP contribution >= 0.6 is 11.6 Å². The molecule has 0 N–H and O–H groups in total. The van der Waals surface area contributed by atoms with Crippen LogP contribution in [0.4, 0.5) is 0 Å². The number of nitrogens with zero attached hydrogens (tertiary/aromatic N) is 1. The quantitative estimate of drug-likeness (QED) is 0.552. The molecule has 1 heterocycles. The van der Waals surface area contributed by atoms with Gasteiger partial charge in [0, 0.05) is 28.0 Å². The van der Waals surface area contributed by atoms with Crippen molar-refractivity contribution < 1.29 is 14.3 Å². The van der Waals surface area contributed by atoms with Crippen LogP contribution in [0.5, 0.6) is 0 Å². The van der Waals surface area contributed by atoms with E-state index in [0.29, 0.717) is 16.6 Å². The van der Waals surface area contributed by atoms with E-state index in [4.69, 9.17) is 16.3 Å². The molecule has 2 saturated carbocycles. The third kappa shape index (κ3) is 2.96. The maximum Gasteiger partial charge on any atom is 0.317 e. The van der Waals surface area contributed by atoms with Gasteiger partial charge in [-0.3, -0.25) is 9.59 Å². The maximum atomic E-state index is 12.6. The molecule has 0 spiro atoms. The second-order valence-electron chi connectivity index (χ2n) is 7.47. The molecule has 0 saturated heterocycles. The molecular weight excluding hydrogens is 350 g/mol. The number of Topliss-reactive ketones (excluding diaryl/α,β-unsaturated/α-hetero) is 1. The minimum Gasteiger partial charge on any atom is -0.457 e. The van der Waals surface area contributed by atoms with E-state index in [-0.39, 0.29) is 18.4 Å². The summed E-state index contributed by atoms with van der Waals surface area (Å²) in [6, 6.07) is 9.72. The van der Waals surface area contributed by atoms with Crippen LogP contribution in [-0.2, 0) is 14.9 Å². The van der Waals surface area contributed by atoms with Gasteiger partial charge < -0.3 is 9.30 Å². The van der Waals surface area contributed by atoms with E-state index < -0.39 is 5.41 Å². The molecule has 1 aromatic heterocycles. The van der Waals surface area contributed by atoms with Crippen LogP contribution in [-0.4, -0.2) is 22.9 Å². The first kappa shape index (κ1) is 17.3. The fourth-order valence-electron chi connectivity index (χ4n) is 3.81. The molecule has 26 heavy (non-hydrogen) atoms. The van der Waals surface area contributed by atoms with Crippen molar-refractivity contribution in [2.45, 2.75) is 51.0 Å². The van der Waals surface area contributed by atoms with Crippen LogP contribution in [0.15, 0.2) is 30.3 Å². The Labute approximate surface area is 158 Å². The molecule has 0 radical (unpaired) electrons. The summed E-state index contributed by atoms with van der Waals surface area (Å²) in [6.07, 6.45) is 3.83. The maximum absolute atomic E-state index is 12.6. The number of hydrogen-bond acceptors (Lipinski definition) is 3. The largest absolute Gasteiger partial charge is 0.457 e. The highest BCUT2D eigenvalue weighted by atomic mass is 35.5. The predicted molar refractivity (Wildman–Crippen MR) is 99.8 cm³/mol. The fourth-order valence-corrected chi connectivity index (χ4v) is 3.93. The lowest BCUT2D eigenvalue weighted by molar-refractivity contribution is -0.145. The van der Waals surface area contributed by atoms with Crippen LogP contribution in [0.3, 0.4) is 0 Å². The molecule has 0 atom stereocenters. The Bertz CT molecular complexity index is 873. The van der Waals surface area contributed by atoms with E-state index in [1.807, 2.05) is 32.0 Å². The van der Waals surface area contributed by atoms with Gasteiger partial charge >= 0.3 is 5.97 Å². The molecule has 0 bridgehead atoms. The SMILES string of the molecule is Cc1cc(C(=O)COC(=O)C2(c3ccc(Cl)cc3)CC2)c(C)n1C1CC1. The molecule has 5 heteroatoms. The van der Waals surface area contributed by atoms with Crippen molar-refractivity contribution in [3.05, 3.63) is 57.9 Å². The van der Waals surface area contributed by atoms with Crippen LogP contribution in [0.1, 0.15) is 59.0 Å². The van der Waals surface area contributed by atoms with Gasteiger partial charge in [-0.2, -0.15) is 0 Å².